The number of amides is 4. The molecule has 4 amide bonds. The van der Waals surface area contributed by atoms with Gasteiger partial charge in [-0.05, 0) is 31.6 Å². The van der Waals surface area contributed by atoms with Crippen LogP contribution in [0.2, 0.25) is 0 Å². The Kier molecular flexibility index (Phi) is 6.94. The first-order valence-electron chi connectivity index (χ1n) is 9.43. The average Bonchev–Trinajstić information content (AvgIpc) is 2.87. The van der Waals surface area contributed by atoms with Crippen molar-refractivity contribution in [3.05, 3.63) is 12.2 Å². The standard InChI is InChI=1S/C19H29N3O4/c1-4-9-20-16(23)11-21-17(24)15(10-12(2)3)22-18(25)13-7-5-6-8-14(13)19(22)26/h5-6,12-15H,4,7-11H2,1-3H3,(H,20,23)(H,21,24). The summed E-state index contributed by atoms with van der Waals surface area (Å²) in [6, 6.07) is -0.862. The molecule has 3 atom stereocenters. The zero-order valence-electron chi connectivity index (χ0n) is 15.8. The van der Waals surface area contributed by atoms with Crippen LogP contribution in [-0.4, -0.2) is 47.7 Å². The first-order chi connectivity index (χ1) is 12.4. The van der Waals surface area contributed by atoms with E-state index in [1.54, 1.807) is 0 Å². The zero-order chi connectivity index (χ0) is 19.3. The van der Waals surface area contributed by atoms with Crippen LogP contribution in [0, 0.1) is 17.8 Å². The van der Waals surface area contributed by atoms with Crippen molar-refractivity contribution in [2.45, 2.75) is 52.5 Å². The second-order valence-electron chi connectivity index (χ2n) is 7.42. The number of nitrogens with one attached hydrogen (secondary N) is 2. The third-order valence-corrected chi connectivity index (χ3v) is 4.85. The van der Waals surface area contributed by atoms with Gasteiger partial charge in [0.25, 0.3) is 0 Å². The fraction of sp³-hybridized carbons (Fsp3) is 0.684. The van der Waals surface area contributed by atoms with Crippen molar-refractivity contribution in [3.63, 3.8) is 0 Å². The third kappa shape index (κ3) is 4.51. The average molecular weight is 363 g/mol. The first-order valence-corrected chi connectivity index (χ1v) is 9.43. The fourth-order valence-corrected chi connectivity index (χ4v) is 3.52. The molecular formula is C19H29N3O4. The van der Waals surface area contributed by atoms with Gasteiger partial charge in [0.2, 0.25) is 23.6 Å². The lowest BCUT2D eigenvalue weighted by molar-refractivity contribution is -0.148. The molecule has 7 heteroatoms. The van der Waals surface area contributed by atoms with Crippen molar-refractivity contribution < 1.29 is 19.2 Å². The minimum Gasteiger partial charge on any atom is -0.355 e. The number of carbonyl (C=O) groups is 4. The maximum absolute atomic E-state index is 12.8. The van der Waals surface area contributed by atoms with Gasteiger partial charge in [0.1, 0.15) is 6.04 Å². The molecule has 0 aromatic heterocycles. The van der Waals surface area contributed by atoms with Crippen LogP contribution in [0.1, 0.15) is 46.5 Å². The Balaban J connectivity index is 2.09. The summed E-state index contributed by atoms with van der Waals surface area (Å²) in [4.78, 5) is 51.1. The number of imide groups is 1. The zero-order valence-corrected chi connectivity index (χ0v) is 15.8. The maximum atomic E-state index is 12.8. The number of nitrogens with zero attached hydrogens (tertiary/aromatic N) is 1. The Hall–Kier alpha value is -2.18. The number of hydrogen-bond donors (Lipinski definition) is 2. The van der Waals surface area contributed by atoms with E-state index in [2.05, 4.69) is 10.6 Å². The van der Waals surface area contributed by atoms with E-state index < -0.39 is 11.9 Å². The van der Waals surface area contributed by atoms with Gasteiger partial charge in [-0.15, -0.1) is 0 Å². The summed E-state index contributed by atoms with van der Waals surface area (Å²) in [5, 5.41) is 5.27. The maximum Gasteiger partial charge on any atom is 0.243 e. The molecule has 1 saturated heterocycles. The molecule has 1 fully saturated rings. The van der Waals surface area contributed by atoms with Crippen LogP contribution in [0.4, 0.5) is 0 Å². The van der Waals surface area contributed by atoms with Crippen molar-refractivity contribution in [1.29, 1.82) is 0 Å². The summed E-state index contributed by atoms with van der Waals surface area (Å²) in [6.45, 7) is 6.21. The number of fused-ring (bicyclic) bond motifs is 1. The fourth-order valence-electron chi connectivity index (χ4n) is 3.52. The van der Waals surface area contributed by atoms with Gasteiger partial charge in [0.15, 0.2) is 0 Å². The molecule has 2 N–H and O–H groups in total. The van der Waals surface area contributed by atoms with E-state index >= 15 is 0 Å². The monoisotopic (exact) mass is 363 g/mol. The molecule has 0 radical (unpaired) electrons. The highest BCUT2D eigenvalue weighted by molar-refractivity contribution is 6.08. The second kappa shape index (κ2) is 8.96. The predicted octanol–water partition coefficient (Wildman–Crippen LogP) is 0.995. The van der Waals surface area contributed by atoms with Crippen LogP contribution >= 0.6 is 0 Å². The molecule has 2 rings (SSSR count). The van der Waals surface area contributed by atoms with E-state index in [0.29, 0.717) is 25.8 Å². The van der Waals surface area contributed by atoms with E-state index in [1.165, 1.54) is 0 Å². The van der Waals surface area contributed by atoms with Crippen molar-refractivity contribution in [1.82, 2.24) is 15.5 Å². The highest BCUT2D eigenvalue weighted by atomic mass is 16.2. The van der Waals surface area contributed by atoms with Crippen LogP contribution in [0.25, 0.3) is 0 Å². The van der Waals surface area contributed by atoms with Crippen molar-refractivity contribution in [2.75, 3.05) is 13.1 Å². The number of allylic oxidation sites excluding steroid dienone is 2. The van der Waals surface area contributed by atoms with Gasteiger partial charge in [0, 0.05) is 6.54 Å². The van der Waals surface area contributed by atoms with Crippen LogP contribution in [0.5, 0.6) is 0 Å². The van der Waals surface area contributed by atoms with Gasteiger partial charge in [-0.3, -0.25) is 24.1 Å². The Labute approximate surface area is 154 Å². The summed E-state index contributed by atoms with van der Waals surface area (Å²) >= 11 is 0. The predicted molar refractivity (Wildman–Crippen MR) is 96.8 cm³/mol. The van der Waals surface area contributed by atoms with Crippen molar-refractivity contribution >= 4 is 23.6 Å². The lowest BCUT2D eigenvalue weighted by Crippen LogP contribution is -2.52. The van der Waals surface area contributed by atoms with Gasteiger partial charge in [0.05, 0.1) is 18.4 Å². The van der Waals surface area contributed by atoms with Gasteiger partial charge >= 0.3 is 0 Å². The molecule has 26 heavy (non-hydrogen) atoms. The summed E-state index contributed by atoms with van der Waals surface area (Å²) < 4.78 is 0. The normalized spacial score (nSPS) is 23.2. The van der Waals surface area contributed by atoms with E-state index in [1.807, 2.05) is 32.9 Å². The minimum atomic E-state index is -0.862. The summed E-state index contributed by atoms with van der Waals surface area (Å²) in [7, 11) is 0. The lowest BCUT2D eigenvalue weighted by Gasteiger charge is -2.27. The molecule has 2 aliphatic rings. The summed E-state index contributed by atoms with van der Waals surface area (Å²) in [5.74, 6) is -1.84. The smallest absolute Gasteiger partial charge is 0.243 e. The lowest BCUT2D eigenvalue weighted by atomic mass is 9.85. The summed E-state index contributed by atoms with van der Waals surface area (Å²) in [5.41, 5.74) is 0. The SMILES string of the molecule is CCCNC(=O)CNC(=O)C(CC(C)C)N1C(=O)C2CC=CCC2C1=O. The Bertz CT molecular complexity index is 574. The van der Waals surface area contributed by atoms with E-state index in [4.69, 9.17) is 0 Å². The highest BCUT2D eigenvalue weighted by Crippen LogP contribution is 2.37. The third-order valence-electron chi connectivity index (χ3n) is 4.85. The molecular weight excluding hydrogens is 334 g/mol. The molecule has 0 saturated carbocycles. The Morgan fingerprint density at radius 1 is 1.12 bits per heavy atom. The summed E-state index contributed by atoms with van der Waals surface area (Å²) in [6.07, 6.45) is 6.12. The molecule has 144 valence electrons. The molecule has 0 bridgehead atoms. The quantitative estimate of drug-likeness (QED) is 0.497. The number of carbonyl (C=O) groups excluding carboxylic acids is 4. The molecule has 1 heterocycles. The van der Waals surface area contributed by atoms with Crippen LogP contribution in [-0.2, 0) is 19.2 Å². The van der Waals surface area contributed by atoms with Gasteiger partial charge in [-0.25, -0.2) is 0 Å². The molecule has 0 aromatic carbocycles. The topological polar surface area (TPSA) is 95.6 Å². The number of hydrogen-bond acceptors (Lipinski definition) is 4. The van der Waals surface area contributed by atoms with Crippen LogP contribution in [0.3, 0.4) is 0 Å². The Morgan fingerprint density at radius 2 is 1.69 bits per heavy atom. The molecule has 1 aliphatic carbocycles. The molecule has 0 spiro atoms. The van der Waals surface area contributed by atoms with Crippen LogP contribution in [0.15, 0.2) is 12.2 Å². The highest BCUT2D eigenvalue weighted by Gasteiger charge is 2.51. The van der Waals surface area contributed by atoms with Gasteiger partial charge in [-0.1, -0.05) is 32.9 Å². The second-order valence-corrected chi connectivity index (χ2v) is 7.42. The molecule has 7 nitrogen and oxygen atoms in total. The molecule has 3 unspecified atom stereocenters. The first kappa shape index (κ1) is 20.1. The van der Waals surface area contributed by atoms with E-state index in [9.17, 15) is 19.2 Å². The van der Waals surface area contributed by atoms with Gasteiger partial charge < -0.3 is 10.6 Å². The number of likely N-dealkylation sites (tertiary alicyclic amines) is 1. The van der Waals surface area contributed by atoms with E-state index in [-0.39, 0.29) is 42.0 Å². The van der Waals surface area contributed by atoms with E-state index in [0.717, 1.165) is 11.3 Å². The van der Waals surface area contributed by atoms with Gasteiger partial charge in [-0.2, -0.15) is 0 Å². The number of rotatable bonds is 8. The van der Waals surface area contributed by atoms with Crippen LogP contribution < -0.4 is 10.6 Å². The largest absolute Gasteiger partial charge is 0.355 e. The van der Waals surface area contributed by atoms with Crippen molar-refractivity contribution in [3.8, 4) is 0 Å². The molecule has 1 aliphatic heterocycles. The van der Waals surface area contributed by atoms with Crippen molar-refractivity contribution in [2.24, 2.45) is 17.8 Å². The Morgan fingerprint density at radius 3 is 2.19 bits per heavy atom. The minimum absolute atomic E-state index is 0.126. The molecule has 0 aromatic rings.